The standard InChI is InChI=1S/C31H54N2O4/c1-21(7-16-31(37)32-17-4-2-3-6-30(36)33-18-5-19-34)24-12-13-29-26(24)14-15-27-25-11-9-23(35)20-22(25)8-10-28(27)29/h21-29,34-35H,2-20H2,1H3,(H,32,37)(H,33,36)/t21-,22?,23-,24-,25?,26?,27?,28?,29?/m1/s1. The average molecular weight is 519 g/mol. The van der Waals surface area contributed by atoms with Crippen molar-refractivity contribution in [2.75, 3.05) is 19.7 Å². The molecular formula is C31H54N2O4. The second-order valence-electron chi connectivity index (χ2n) is 13.0. The van der Waals surface area contributed by atoms with Gasteiger partial charge in [-0.05, 0) is 131 Å². The van der Waals surface area contributed by atoms with E-state index >= 15 is 0 Å². The zero-order valence-corrected chi connectivity index (χ0v) is 23.3. The van der Waals surface area contributed by atoms with Gasteiger partial charge in [-0.3, -0.25) is 9.59 Å². The summed E-state index contributed by atoms with van der Waals surface area (Å²) in [7, 11) is 0. The van der Waals surface area contributed by atoms with Crippen LogP contribution in [-0.2, 0) is 9.59 Å². The molecule has 0 radical (unpaired) electrons. The summed E-state index contributed by atoms with van der Waals surface area (Å²) in [5.74, 6) is 7.00. The maximum absolute atomic E-state index is 12.5. The molecule has 4 fully saturated rings. The van der Waals surface area contributed by atoms with Gasteiger partial charge in [-0.1, -0.05) is 13.3 Å². The molecule has 4 saturated carbocycles. The predicted molar refractivity (Wildman–Crippen MR) is 147 cm³/mol. The fourth-order valence-electron chi connectivity index (χ4n) is 9.11. The Kier molecular flexibility index (Phi) is 11.2. The molecule has 6 nitrogen and oxygen atoms in total. The topological polar surface area (TPSA) is 98.7 Å². The number of hydrogen-bond donors (Lipinski definition) is 4. The van der Waals surface area contributed by atoms with Crippen molar-refractivity contribution in [2.24, 2.45) is 47.3 Å². The van der Waals surface area contributed by atoms with Gasteiger partial charge in [0, 0.05) is 32.5 Å². The molecule has 9 atom stereocenters. The van der Waals surface area contributed by atoms with Gasteiger partial charge in [0.2, 0.25) is 11.8 Å². The summed E-state index contributed by atoms with van der Waals surface area (Å²) in [6.45, 7) is 3.75. The number of nitrogens with one attached hydrogen (secondary N) is 2. The highest BCUT2D eigenvalue weighted by molar-refractivity contribution is 5.76. The van der Waals surface area contributed by atoms with Gasteiger partial charge in [0.25, 0.3) is 0 Å². The van der Waals surface area contributed by atoms with Gasteiger partial charge in [-0.2, -0.15) is 0 Å². The van der Waals surface area contributed by atoms with Gasteiger partial charge >= 0.3 is 0 Å². The first-order chi connectivity index (χ1) is 18.0. The maximum atomic E-state index is 12.5. The van der Waals surface area contributed by atoms with Gasteiger partial charge in [-0.25, -0.2) is 0 Å². The summed E-state index contributed by atoms with van der Waals surface area (Å²) in [5, 5.41) is 24.8. The maximum Gasteiger partial charge on any atom is 0.220 e. The Balaban J connectivity index is 1.10. The molecule has 4 aliphatic rings. The summed E-state index contributed by atoms with van der Waals surface area (Å²) < 4.78 is 0. The van der Waals surface area contributed by atoms with Crippen LogP contribution in [0, 0.1) is 47.3 Å². The van der Waals surface area contributed by atoms with Crippen molar-refractivity contribution in [1.82, 2.24) is 10.6 Å². The lowest BCUT2D eigenvalue weighted by Crippen LogP contribution is -2.46. The van der Waals surface area contributed by atoms with E-state index in [4.69, 9.17) is 5.11 Å². The van der Waals surface area contributed by atoms with E-state index in [1.165, 1.54) is 44.9 Å². The van der Waals surface area contributed by atoms with E-state index in [2.05, 4.69) is 17.6 Å². The number of aliphatic hydroxyl groups is 2. The van der Waals surface area contributed by atoms with E-state index in [0.29, 0.717) is 38.3 Å². The third-order valence-electron chi connectivity index (χ3n) is 10.9. The number of rotatable bonds is 13. The second-order valence-corrected chi connectivity index (χ2v) is 13.0. The molecule has 6 heteroatoms. The van der Waals surface area contributed by atoms with Gasteiger partial charge in [0.1, 0.15) is 0 Å². The van der Waals surface area contributed by atoms with Crippen LogP contribution >= 0.6 is 0 Å². The van der Waals surface area contributed by atoms with Crippen LogP contribution in [0.25, 0.3) is 0 Å². The van der Waals surface area contributed by atoms with Gasteiger partial charge in [0.15, 0.2) is 0 Å². The first-order valence-electron chi connectivity index (χ1n) is 15.8. The molecule has 6 unspecified atom stereocenters. The van der Waals surface area contributed by atoms with Crippen molar-refractivity contribution in [1.29, 1.82) is 0 Å². The lowest BCUT2D eigenvalue weighted by molar-refractivity contribution is -0.122. The Hall–Kier alpha value is -1.14. The van der Waals surface area contributed by atoms with Crippen molar-refractivity contribution < 1.29 is 19.8 Å². The average Bonchev–Trinajstić information content (AvgIpc) is 3.33. The van der Waals surface area contributed by atoms with Crippen molar-refractivity contribution in [3.8, 4) is 0 Å². The first kappa shape index (κ1) is 28.9. The Labute approximate surface area is 225 Å². The minimum absolute atomic E-state index is 0.0375. The van der Waals surface area contributed by atoms with Crippen LogP contribution in [0.4, 0.5) is 0 Å². The SMILES string of the molecule is C[C@H](CCC(=O)NCCCCCC(=O)NCCCO)[C@H]1CCC2C3CCC4C[C@H](O)CCC4C3CCC21. The monoisotopic (exact) mass is 518 g/mol. The van der Waals surface area contributed by atoms with Crippen molar-refractivity contribution in [3.63, 3.8) is 0 Å². The minimum atomic E-state index is -0.0375. The highest BCUT2D eigenvalue weighted by Gasteiger charge is 2.52. The van der Waals surface area contributed by atoms with Crippen LogP contribution in [0.15, 0.2) is 0 Å². The summed E-state index contributed by atoms with van der Waals surface area (Å²) in [6, 6.07) is 0. The number of aliphatic hydroxyl groups excluding tert-OH is 2. The van der Waals surface area contributed by atoms with Crippen LogP contribution in [-0.4, -0.2) is 47.8 Å². The van der Waals surface area contributed by atoms with Crippen molar-refractivity contribution in [3.05, 3.63) is 0 Å². The van der Waals surface area contributed by atoms with E-state index < -0.39 is 0 Å². The summed E-state index contributed by atoms with van der Waals surface area (Å²) >= 11 is 0. The molecule has 0 aliphatic heterocycles. The van der Waals surface area contributed by atoms with Crippen molar-refractivity contribution >= 4 is 11.8 Å². The fourth-order valence-corrected chi connectivity index (χ4v) is 9.11. The van der Waals surface area contributed by atoms with Crippen LogP contribution < -0.4 is 10.6 Å². The lowest BCUT2D eigenvalue weighted by atomic mass is 9.53. The first-order valence-corrected chi connectivity index (χ1v) is 15.8. The van der Waals surface area contributed by atoms with E-state index in [0.717, 1.165) is 80.0 Å². The van der Waals surface area contributed by atoms with Crippen LogP contribution in [0.1, 0.15) is 110 Å². The molecule has 0 aromatic heterocycles. The molecule has 0 heterocycles. The zero-order valence-electron chi connectivity index (χ0n) is 23.3. The molecule has 37 heavy (non-hydrogen) atoms. The van der Waals surface area contributed by atoms with E-state index in [1.807, 2.05) is 0 Å². The normalized spacial score (nSPS) is 35.6. The number of carbonyl (C=O) groups is 2. The van der Waals surface area contributed by atoms with E-state index in [1.54, 1.807) is 0 Å². The van der Waals surface area contributed by atoms with Gasteiger partial charge in [0.05, 0.1) is 6.10 Å². The van der Waals surface area contributed by atoms with Crippen LogP contribution in [0.3, 0.4) is 0 Å². The minimum Gasteiger partial charge on any atom is -0.396 e. The lowest BCUT2D eigenvalue weighted by Gasteiger charge is -2.53. The molecule has 4 aliphatic carbocycles. The molecule has 4 rings (SSSR count). The molecule has 0 spiro atoms. The number of amides is 2. The third kappa shape index (κ3) is 7.71. The Bertz CT molecular complexity index is 730. The highest BCUT2D eigenvalue weighted by atomic mass is 16.3. The van der Waals surface area contributed by atoms with Crippen LogP contribution in [0.2, 0.25) is 0 Å². The third-order valence-corrected chi connectivity index (χ3v) is 10.9. The quantitative estimate of drug-likeness (QED) is 0.263. The summed E-state index contributed by atoms with van der Waals surface area (Å²) in [4.78, 5) is 24.1. The molecule has 0 aromatic rings. The molecule has 2 amide bonds. The molecule has 0 aromatic carbocycles. The van der Waals surface area contributed by atoms with E-state index in [-0.39, 0.29) is 24.5 Å². The van der Waals surface area contributed by atoms with Crippen LogP contribution in [0.5, 0.6) is 0 Å². The Morgan fingerprint density at radius 1 is 0.730 bits per heavy atom. The van der Waals surface area contributed by atoms with Crippen molar-refractivity contribution in [2.45, 2.75) is 116 Å². The van der Waals surface area contributed by atoms with Gasteiger partial charge < -0.3 is 20.8 Å². The Morgan fingerprint density at radius 3 is 2.16 bits per heavy atom. The van der Waals surface area contributed by atoms with E-state index in [9.17, 15) is 14.7 Å². The fraction of sp³-hybridized carbons (Fsp3) is 0.935. The summed E-state index contributed by atoms with van der Waals surface area (Å²) in [5.41, 5.74) is 0. The molecule has 0 saturated heterocycles. The largest absolute Gasteiger partial charge is 0.396 e. The predicted octanol–water partition coefficient (Wildman–Crippen LogP) is 4.82. The number of unbranched alkanes of at least 4 members (excludes halogenated alkanes) is 2. The molecule has 0 bridgehead atoms. The highest BCUT2D eigenvalue weighted by Crippen LogP contribution is 2.60. The number of carbonyl (C=O) groups excluding carboxylic acids is 2. The molecule has 212 valence electrons. The zero-order chi connectivity index (χ0) is 26.2. The number of hydrogen-bond acceptors (Lipinski definition) is 4. The molecule has 4 N–H and O–H groups in total. The second kappa shape index (κ2) is 14.3. The summed E-state index contributed by atoms with van der Waals surface area (Å²) in [6.07, 6.45) is 17.1. The number of fused-ring (bicyclic) bond motifs is 5. The molecular weight excluding hydrogens is 464 g/mol. The van der Waals surface area contributed by atoms with Gasteiger partial charge in [-0.15, -0.1) is 0 Å². The Morgan fingerprint density at radius 2 is 1.35 bits per heavy atom. The smallest absolute Gasteiger partial charge is 0.220 e.